The van der Waals surface area contributed by atoms with Gasteiger partial charge in [0.05, 0.1) is 13.3 Å². The minimum absolute atomic E-state index is 0.335. The molecule has 7 nitrogen and oxygen atoms in total. The maximum atomic E-state index is 12.3. The number of carbonyl (C=O) groups is 1. The predicted octanol–water partition coefficient (Wildman–Crippen LogP) is 3.95. The smallest absolute Gasteiger partial charge is 0.271 e. The van der Waals surface area contributed by atoms with E-state index < -0.39 is 0 Å². The summed E-state index contributed by atoms with van der Waals surface area (Å²) in [7, 11) is 1.55. The third-order valence-electron chi connectivity index (χ3n) is 4.85. The van der Waals surface area contributed by atoms with Gasteiger partial charge >= 0.3 is 0 Å². The number of nitrogens with zero attached hydrogens (tertiary/aromatic N) is 3. The number of aryl methyl sites for hydroxylation is 2. The van der Waals surface area contributed by atoms with Crippen molar-refractivity contribution in [2.24, 2.45) is 5.10 Å². The fraction of sp³-hybridized carbons (Fsp3) is 0.227. The van der Waals surface area contributed by atoms with E-state index in [0.717, 1.165) is 22.5 Å². The van der Waals surface area contributed by atoms with Crippen molar-refractivity contribution in [3.05, 3.63) is 69.7 Å². The van der Waals surface area contributed by atoms with Gasteiger partial charge in [-0.25, -0.2) is 5.43 Å². The number of hydrogen-bond acceptors (Lipinski definition) is 5. The molecule has 0 saturated carbocycles. The lowest BCUT2D eigenvalue weighted by atomic mass is 10.2. The summed E-state index contributed by atoms with van der Waals surface area (Å²) >= 11 is 0. The summed E-state index contributed by atoms with van der Waals surface area (Å²) < 4.78 is 12.8. The summed E-state index contributed by atoms with van der Waals surface area (Å²) in [5.74, 6) is 1.47. The van der Waals surface area contributed by atoms with Crippen LogP contribution in [0.4, 0.5) is 0 Å². The van der Waals surface area contributed by atoms with Crippen LogP contribution in [0.1, 0.15) is 44.2 Å². The Kier molecular flexibility index (Phi) is 5.55. The number of ether oxygens (including phenoxy) is 1. The van der Waals surface area contributed by atoms with Gasteiger partial charge in [0, 0.05) is 28.1 Å². The van der Waals surface area contributed by atoms with E-state index in [-0.39, 0.29) is 5.91 Å². The first-order valence-electron chi connectivity index (χ1n) is 9.04. The molecule has 7 heteroatoms. The molecule has 1 amide bonds. The predicted molar refractivity (Wildman–Crippen MR) is 110 cm³/mol. The van der Waals surface area contributed by atoms with E-state index in [1.165, 1.54) is 0 Å². The van der Waals surface area contributed by atoms with Gasteiger partial charge in [-0.15, -0.1) is 0 Å². The van der Waals surface area contributed by atoms with Gasteiger partial charge in [0.15, 0.2) is 0 Å². The Balaban J connectivity index is 1.85. The van der Waals surface area contributed by atoms with E-state index >= 15 is 0 Å². The summed E-state index contributed by atoms with van der Waals surface area (Å²) in [4.78, 5) is 12.3. The SMILES string of the molecule is COc1cccc(C(=O)N/N=C/c2cc(C)n(-c3oc(C)c(C)c3C#N)c2C)c1. The number of aromatic nitrogens is 1. The molecule has 0 aliphatic carbocycles. The average molecular weight is 390 g/mol. The Morgan fingerprint density at radius 1 is 1.28 bits per heavy atom. The van der Waals surface area contributed by atoms with Crippen LogP contribution in [0.3, 0.4) is 0 Å². The van der Waals surface area contributed by atoms with Crippen LogP contribution < -0.4 is 10.2 Å². The van der Waals surface area contributed by atoms with Crippen LogP contribution in [-0.4, -0.2) is 23.8 Å². The fourth-order valence-electron chi connectivity index (χ4n) is 3.12. The third kappa shape index (κ3) is 3.78. The molecule has 148 valence electrons. The van der Waals surface area contributed by atoms with E-state index in [4.69, 9.17) is 9.15 Å². The number of nitriles is 1. The maximum absolute atomic E-state index is 12.3. The molecule has 0 radical (unpaired) electrons. The summed E-state index contributed by atoms with van der Waals surface area (Å²) in [6.45, 7) is 7.54. The van der Waals surface area contributed by atoms with Crippen molar-refractivity contribution in [2.45, 2.75) is 27.7 Å². The monoisotopic (exact) mass is 390 g/mol. The molecule has 0 aliphatic rings. The molecule has 0 spiro atoms. The molecule has 0 atom stereocenters. The van der Waals surface area contributed by atoms with Crippen LogP contribution in [0.25, 0.3) is 5.88 Å². The highest BCUT2D eigenvalue weighted by Crippen LogP contribution is 2.28. The second kappa shape index (κ2) is 8.07. The third-order valence-corrected chi connectivity index (χ3v) is 4.85. The molecular weight excluding hydrogens is 368 g/mol. The molecule has 2 heterocycles. The van der Waals surface area contributed by atoms with Crippen molar-refractivity contribution >= 4 is 12.1 Å². The highest BCUT2D eigenvalue weighted by atomic mass is 16.5. The van der Waals surface area contributed by atoms with Gasteiger partial charge in [0.25, 0.3) is 5.91 Å². The summed E-state index contributed by atoms with van der Waals surface area (Å²) in [6, 6.07) is 11.0. The molecule has 3 rings (SSSR count). The second-order valence-corrected chi connectivity index (χ2v) is 6.67. The number of nitrogens with one attached hydrogen (secondary N) is 1. The van der Waals surface area contributed by atoms with Crippen LogP contribution in [0.5, 0.6) is 5.75 Å². The van der Waals surface area contributed by atoms with Gasteiger partial charge in [-0.05, 0) is 52.0 Å². The number of carbonyl (C=O) groups excluding carboxylic acids is 1. The number of benzene rings is 1. The zero-order valence-corrected chi connectivity index (χ0v) is 17.0. The van der Waals surface area contributed by atoms with Gasteiger partial charge in [-0.2, -0.15) is 10.4 Å². The highest BCUT2D eigenvalue weighted by Gasteiger charge is 2.20. The fourth-order valence-corrected chi connectivity index (χ4v) is 3.12. The number of rotatable bonds is 5. The Labute approximate surface area is 169 Å². The zero-order chi connectivity index (χ0) is 21.1. The van der Waals surface area contributed by atoms with Crippen molar-refractivity contribution in [2.75, 3.05) is 7.11 Å². The van der Waals surface area contributed by atoms with Gasteiger partial charge in [-0.1, -0.05) is 6.07 Å². The number of hydrazone groups is 1. The molecule has 0 bridgehead atoms. The molecule has 2 aromatic heterocycles. The number of furan rings is 1. The Morgan fingerprint density at radius 2 is 2.03 bits per heavy atom. The Bertz CT molecular complexity index is 1150. The van der Waals surface area contributed by atoms with Crippen molar-refractivity contribution in [3.8, 4) is 17.7 Å². The quantitative estimate of drug-likeness (QED) is 0.527. The largest absolute Gasteiger partial charge is 0.497 e. The number of amides is 1. The van der Waals surface area contributed by atoms with E-state index in [1.54, 1.807) is 37.6 Å². The normalized spacial score (nSPS) is 10.9. The minimum Gasteiger partial charge on any atom is -0.497 e. The molecule has 1 aromatic carbocycles. The topological polar surface area (TPSA) is 92.5 Å². The lowest BCUT2D eigenvalue weighted by molar-refractivity contribution is 0.0955. The van der Waals surface area contributed by atoms with E-state index in [0.29, 0.717) is 28.5 Å². The van der Waals surface area contributed by atoms with Gasteiger partial charge in [-0.3, -0.25) is 9.36 Å². The van der Waals surface area contributed by atoms with Crippen LogP contribution in [0, 0.1) is 39.0 Å². The van der Waals surface area contributed by atoms with Gasteiger partial charge in [0.2, 0.25) is 5.88 Å². The van der Waals surface area contributed by atoms with Crippen LogP contribution >= 0.6 is 0 Å². The molecule has 0 saturated heterocycles. The van der Waals surface area contributed by atoms with Crippen molar-refractivity contribution < 1.29 is 13.9 Å². The first-order valence-corrected chi connectivity index (χ1v) is 9.04. The molecule has 0 fully saturated rings. The minimum atomic E-state index is -0.335. The molecular formula is C22H22N4O3. The van der Waals surface area contributed by atoms with E-state index in [2.05, 4.69) is 16.6 Å². The maximum Gasteiger partial charge on any atom is 0.271 e. The number of methoxy groups -OCH3 is 1. The van der Waals surface area contributed by atoms with Crippen molar-refractivity contribution in [3.63, 3.8) is 0 Å². The molecule has 0 unspecified atom stereocenters. The van der Waals surface area contributed by atoms with E-state index in [9.17, 15) is 10.1 Å². The lowest BCUT2D eigenvalue weighted by Gasteiger charge is -2.06. The van der Waals surface area contributed by atoms with Crippen LogP contribution in [0.15, 0.2) is 39.9 Å². The summed E-state index contributed by atoms with van der Waals surface area (Å²) in [6.07, 6.45) is 1.58. The molecule has 0 aliphatic heterocycles. The summed E-state index contributed by atoms with van der Waals surface area (Å²) in [5.41, 5.74) is 6.87. The molecule has 1 N–H and O–H groups in total. The summed E-state index contributed by atoms with van der Waals surface area (Å²) in [5, 5.41) is 13.6. The average Bonchev–Trinajstić information content (AvgIpc) is 3.16. The zero-order valence-electron chi connectivity index (χ0n) is 17.0. The number of hydrogen-bond donors (Lipinski definition) is 1. The molecule has 29 heavy (non-hydrogen) atoms. The molecule has 3 aromatic rings. The van der Waals surface area contributed by atoms with Gasteiger partial charge in [0.1, 0.15) is 23.1 Å². The Hall–Kier alpha value is -3.79. The van der Waals surface area contributed by atoms with Gasteiger partial charge < -0.3 is 9.15 Å². The standard InChI is InChI=1S/C22H22N4O3/c1-13-9-18(12-24-25-21(27)17-7-6-8-19(10-17)28-5)15(3)26(13)22-20(11-23)14(2)16(4)29-22/h6-10,12H,1-5H3,(H,25,27)/b24-12+. The Morgan fingerprint density at radius 3 is 2.72 bits per heavy atom. The van der Waals surface area contributed by atoms with Crippen molar-refractivity contribution in [1.29, 1.82) is 5.26 Å². The first-order chi connectivity index (χ1) is 13.9. The lowest BCUT2D eigenvalue weighted by Crippen LogP contribution is -2.17. The first kappa shape index (κ1) is 20.0. The van der Waals surface area contributed by atoms with Crippen LogP contribution in [-0.2, 0) is 0 Å². The van der Waals surface area contributed by atoms with Crippen molar-refractivity contribution in [1.82, 2.24) is 9.99 Å². The van der Waals surface area contributed by atoms with E-state index in [1.807, 2.05) is 38.3 Å². The highest BCUT2D eigenvalue weighted by molar-refractivity contribution is 5.95. The van der Waals surface area contributed by atoms with Crippen LogP contribution in [0.2, 0.25) is 0 Å². The second-order valence-electron chi connectivity index (χ2n) is 6.67.